The number of nitro benzene ring substituents is 1. The van der Waals surface area contributed by atoms with Crippen molar-refractivity contribution in [1.29, 1.82) is 0 Å². The third kappa shape index (κ3) is 3.13. The van der Waals surface area contributed by atoms with Gasteiger partial charge >= 0.3 is 5.97 Å². The molecule has 1 aliphatic heterocycles. The fourth-order valence-corrected chi connectivity index (χ4v) is 2.49. The average molecular weight is 304 g/mol. The molecular weight excluding hydrogens is 288 g/mol. The zero-order valence-corrected chi connectivity index (χ0v) is 12.3. The van der Waals surface area contributed by atoms with Gasteiger partial charge in [0.05, 0.1) is 17.1 Å². The molecule has 7 heteroatoms. The van der Waals surface area contributed by atoms with Crippen molar-refractivity contribution in [3.63, 3.8) is 0 Å². The van der Waals surface area contributed by atoms with E-state index in [-0.39, 0.29) is 24.6 Å². The zero-order valence-electron chi connectivity index (χ0n) is 12.3. The fourth-order valence-electron chi connectivity index (χ4n) is 2.49. The van der Waals surface area contributed by atoms with E-state index in [0.717, 1.165) is 0 Å². The number of nitro groups is 1. The molecular formula is C15H16N2O5. The Hall–Kier alpha value is -2.70. The van der Waals surface area contributed by atoms with Gasteiger partial charge in [0.2, 0.25) is 5.91 Å². The van der Waals surface area contributed by atoms with Crippen LogP contribution in [-0.4, -0.2) is 23.4 Å². The van der Waals surface area contributed by atoms with Crippen molar-refractivity contribution in [3.8, 4) is 0 Å². The lowest BCUT2D eigenvalue weighted by molar-refractivity contribution is -0.384. The van der Waals surface area contributed by atoms with E-state index in [1.165, 1.54) is 12.1 Å². The molecule has 1 amide bonds. The van der Waals surface area contributed by atoms with Gasteiger partial charge in [-0.15, -0.1) is 0 Å². The summed E-state index contributed by atoms with van der Waals surface area (Å²) in [5.41, 5.74) is 1.47. The van der Waals surface area contributed by atoms with Crippen LogP contribution in [0.3, 0.4) is 0 Å². The first-order valence-corrected chi connectivity index (χ1v) is 6.86. The number of nitrogens with zero attached hydrogens (tertiary/aromatic N) is 1. The minimum absolute atomic E-state index is 0.0394. The molecule has 0 aliphatic carbocycles. The van der Waals surface area contributed by atoms with E-state index in [1.807, 2.05) is 0 Å². The topological polar surface area (TPSA) is 98.5 Å². The summed E-state index contributed by atoms with van der Waals surface area (Å²) < 4.78 is 5.04. The van der Waals surface area contributed by atoms with E-state index in [2.05, 4.69) is 5.32 Å². The maximum Gasteiger partial charge on any atom is 0.336 e. The molecule has 0 bridgehead atoms. The monoisotopic (exact) mass is 304 g/mol. The van der Waals surface area contributed by atoms with Crippen molar-refractivity contribution in [3.05, 3.63) is 51.2 Å². The van der Waals surface area contributed by atoms with Crippen LogP contribution in [0.4, 0.5) is 5.69 Å². The number of amides is 1. The second kappa shape index (κ2) is 6.38. The lowest BCUT2D eigenvalue weighted by atomic mass is 9.84. The molecule has 1 aliphatic rings. The first-order chi connectivity index (χ1) is 10.4. The molecule has 1 heterocycles. The molecule has 1 aromatic rings. The summed E-state index contributed by atoms with van der Waals surface area (Å²) in [5.74, 6) is -1.15. The second-order valence-electron chi connectivity index (χ2n) is 4.91. The maximum atomic E-state index is 12.1. The highest BCUT2D eigenvalue weighted by Crippen LogP contribution is 2.34. The van der Waals surface area contributed by atoms with E-state index in [0.29, 0.717) is 16.8 Å². The van der Waals surface area contributed by atoms with Crippen LogP contribution in [0.5, 0.6) is 0 Å². The number of rotatable bonds is 4. The largest absolute Gasteiger partial charge is 0.463 e. The number of ether oxygens (including phenoxy) is 1. The first-order valence-electron chi connectivity index (χ1n) is 6.86. The van der Waals surface area contributed by atoms with E-state index in [9.17, 15) is 19.7 Å². The summed E-state index contributed by atoms with van der Waals surface area (Å²) in [7, 11) is 0. The van der Waals surface area contributed by atoms with Crippen molar-refractivity contribution in [2.75, 3.05) is 6.61 Å². The summed E-state index contributed by atoms with van der Waals surface area (Å²) in [4.78, 5) is 34.1. The summed E-state index contributed by atoms with van der Waals surface area (Å²) in [6.45, 7) is 3.58. The van der Waals surface area contributed by atoms with Crippen molar-refractivity contribution < 1.29 is 19.2 Å². The Morgan fingerprint density at radius 1 is 1.41 bits per heavy atom. The van der Waals surface area contributed by atoms with Crippen LogP contribution in [0, 0.1) is 10.1 Å². The summed E-state index contributed by atoms with van der Waals surface area (Å²) in [5, 5.41) is 13.3. The molecule has 0 radical (unpaired) electrons. The SMILES string of the molecule is CCOC(=O)C1=C(C)NC(=O)C[C@H]1c1ccc([N+](=O)[O-])cc1. The Morgan fingerprint density at radius 3 is 2.59 bits per heavy atom. The third-order valence-corrected chi connectivity index (χ3v) is 3.47. The van der Waals surface area contributed by atoms with Gasteiger partial charge in [0.25, 0.3) is 5.69 Å². The molecule has 0 saturated carbocycles. The average Bonchev–Trinajstić information content (AvgIpc) is 2.46. The number of carbonyl (C=O) groups is 2. The van der Waals surface area contributed by atoms with Crippen LogP contribution in [0.15, 0.2) is 35.5 Å². The van der Waals surface area contributed by atoms with E-state index in [1.54, 1.807) is 26.0 Å². The van der Waals surface area contributed by atoms with Crippen LogP contribution in [-0.2, 0) is 14.3 Å². The molecule has 116 valence electrons. The minimum Gasteiger partial charge on any atom is -0.463 e. The zero-order chi connectivity index (χ0) is 16.3. The van der Waals surface area contributed by atoms with Gasteiger partial charge in [0.1, 0.15) is 0 Å². The van der Waals surface area contributed by atoms with Crippen molar-refractivity contribution in [2.45, 2.75) is 26.2 Å². The van der Waals surface area contributed by atoms with Gasteiger partial charge in [0.15, 0.2) is 0 Å². The van der Waals surface area contributed by atoms with Crippen LogP contribution in [0.1, 0.15) is 31.7 Å². The Balaban J connectivity index is 2.40. The van der Waals surface area contributed by atoms with E-state index >= 15 is 0 Å². The second-order valence-corrected chi connectivity index (χ2v) is 4.91. The van der Waals surface area contributed by atoms with Gasteiger partial charge in [-0.25, -0.2) is 4.79 Å². The van der Waals surface area contributed by atoms with Gasteiger partial charge in [-0.2, -0.15) is 0 Å². The first kappa shape index (κ1) is 15.7. The lowest BCUT2D eigenvalue weighted by Crippen LogP contribution is -2.34. The smallest absolute Gasteiger partial charge is 0.336 e. The summed E-state index contributed by atoms with van der Waals surface area (Å²) in [6.07, 6.45) is 0.100. The van der Waals surface area contributed by atoms with Gasteiger partial charge in [-0.3, -0.25) is 14.9 Å². The van der Waals surface area contributed by atoms with Crippen molar-refractivity contribution >= 4 is 17.6 Å². The quantitative estimate of drug-likeness (QED) is 0.521. The Morgan fingerprint density at radius 2 is 2.05 bits per heavy atom. The van der Waals surface area contributed by atoms with Gasteiger partial charge in [-0.1, -0.05) is 12.1 Å². The fraction of sp³-hybridized carbons (Fsp3) is 0.333. The van der Waals surface area contributed by atoms with E-state index < -0.39 is 16.8 Å². The van der Waals surface area contributed by atoms with Crippen LogP contribution >= 0.6 is 0 Å². The number of carbonyl (C=O) groups excluding carboxylic acids is 2. The molecule has 1 aromatic carbocycles. The third-order valence-electron chi connectivity index (χ3n) is 3.47. The molecule has 22 heavy (non-hydrogen) atoms. The highest BCUT2D eigenvalue weighted by Gasteiger charge is 2.32. The normalized spacial score (nSPS) is 17.9. The van der Waals surface area contributed by atoms with Crippen LogP contribution in [0.2, 0.25) is 0 Å². The molecule has 0 fully saturated rings. The Kier molecular flexibility index (Phi) is 4.55. The number of hydrogen-bond donors (Lipinski definition) is 1. The predicted molar refractivity (Wildman–Crippen MR) is 77.9 cm³/mol. The van der Waals surface area contributed by atoms with E-state index in [4.69, 9.17) is 4.74 Å². The highest BCUT2D eigenvalue weighted by molar-refractivity contribution is 5.95. The highest BCUT2D eigenvalue weighted by atomic mass is 16.6. The molecule has 0 unspecified atom stereocenters. The maximum absolute atomic E-state index is 12.1. The summed E-state index contributed by atoms with van der Waals surface area (Å²) >= 11 is 0. The molecule has 1 N–H and O–H groups in total. The Labute approximate surface area is 127 Å². The minimum atomic E-state index is -0.495. The van der Waals surface area contributed by atoms with Crippen LogP contribution in [0.25, 0.3) is 0 Å². The molecule has 0 spiro atoms. The standard InChI is InChI=1S/C15H16N2O5/c1-3-22-15(19)14-9(2)16-13(18)8-12(14)10-4-6-11(7-5-10)17(20)21/h4-7,12H,3,8H2,1-2H3,(H,16,18)/t12-/m0/s1. The number of benzene rings is 1. The number of esters is 1. The Bertz CT molecular complexity index is 648. The number of hydrogen-bond acceptors (Lipinski definition) is 5. The molecule has 7 nitrogen and oxygen atoms in total. The van der Waals surface area contributed by atoms with Crippen LogP contribution < -0.4 is 5.32 Å². The van der Waals surface area contributed by atoms with Gasteiger partial charge < -0.3 is 10.1 Å². The lowest BCUT2D eigenvalue weighted by Gasteiger charge is -2.26. The molecule has 2 rings (SSSR count). The van der Waals surface area contributed by atoms with Crippen molar-refractivity contribution in [2.24, 2.45) is 0 Å². The number of allylic oxidation sites excluding steroid dienone is 1. The molecule has 0 aromatic heterocycles. The number of non-ortho nitro benzene ring substituents is 1. The van der Waals surface area contributed by atoms with Gasteiger partial charge in [0, 0.05) is 30.2 Å². The number of nitrogens with one attached hydrogen (secondary N) is 1. The molecule has 1 atom stereocenters. The van der Waals surface area contributed by atoms with Crippen molar-refractivity contribution in [1.82, 2.24) is 5.32 Å². The molecule has 0 saturated heterocycles. The predicted octanol–water partition coefficient (Wildman–Crippen LogP) is 2.04. The van der Waals surface area contributed by atoms with Gasteiger partial charge in [-0.05, 0) is 19.4 Å². The summed E-state index contributed by atoms with van der Waals surface area (Å²) in [6, 6.07) is 5.85.